The molecule has 0 amide bonds. The summed E-state index contributed by atoms with van der Waals surface area (Å²) in [6.45, 7) is 9.48. The minimum Gasteiger partial charge on any atom is -0.507 e. The summed E-state index contributed by atoms with van der Waals surface area (Å²) in [7, 11) is 0. The van der Waals surface area contributed by atoms with Crippen molar-refractivity contribution in [2.24, 2.45) is 0 Å². The third-order valence-electron chi connectivity index (χ3n) is 14.1. The van der Waals surface area contributed by atoms with Gasteiger partial charge in [-0.3, -0.25) is 14.4 Å². The second kappa shape index (κ2) is 33.6. The number of rotatable bonds is 13. The zero-order chi connectivity index (χ0) is 68.6. The van der Waals surface area contributed by atoms with Gasteiger partial charge in [-0.2, -0.15) is 0 Å². The van der Waals surface area contributed by atoms with E-state index in [-0.39, 0.29) is 107 Å². The molecule has 0 spiro atoms. The van der Waals surface area contributed by atoms with Crippen molar-refractivity contribution < 1.29 is 97.7 Å². The van der Waals surface area contributed by atoms with Crippen LogP contribution in [-0.2, 0) is 20.4 Å². The van der Waals surface area contributed by atoms with Gasteiger partial charge >= 0.3 is 23.9 Å². The Morgan fingerprint density at radius 3 is 1.16 bits per heavy atom. The van der Waals surface area contributed by atoms with Crippen LogP contribution in [0.4, 0.5) is 0 Å². The quantitative estimate of drug-likeness (QED) is 0.0136. The Balaban J connectivity index is 0.000000209. The van der Waals surface area contributed by atoms with Crippen molar-refractivity contribution in [3.05, 3.63) is 315 Å². The van der Waals surface area contributed by atoms with Crippen LogP contribution in [-0.4, -0.2) is 55.2 Å². The fraction of sp³-hybridized carbons (Fsp3) is 0.0633. The van der Waals surface area contributed by atoms with E-state index in [1.807, 2.05) is 34.6 Å². The molecule has 0 saturated carbocycles. The van der Waals surface area contributed by atoms with E-state index in [4.69, 9.17) is 27.8 Å². The van der Waals surface area contributed by atoms with Gasteiger partial charge in [0.15, 0.2) is 51.8 Å². The van der Waals surface area contributed by atoms with Crippen molar-refractivity contribution in [2.45, 2.75) is 34.6 Å². The van der Waals surface area contributed by atoms with Crippen LogP contribution < -0.4 is 29.8 Å². The summed E-state index contributed by atoms with van der Waals surface area (Å²) in [4.78, 5) is 88.4. The number of hydrogen-bond donors (Lipinski definition) is 5. The fourth-order valence-corrected chi connectivity index (χ4v) is 9.30. The van der Waals surface area contributed by atoms with E-state index >= 15 is 0 Å². The minimum atomic E-state index is -0.686. The molecule has 12 rings (SSSR count). The van der Waals surface area contributed by atoms with E-state index in [9.17, 15) is 59.1 Å². The number of phenols is 3. The number of ketones is 1. The monoisotopic (exact) mass is 1410 g/mol. The Morgan fingerprint density at radius 1 is 0.378 bits per heavy atom. The fourth-order valence-electron chi connectivity index (χ4n) is 9.30. The van der Waals surface area contributed by atoms with Crippen molar-refractivity contribution in [1.82, 2.24) is 0 Å². The largest absolute Gasteiger partial charge is 0.507 e. The third-order valence-corrected chi connectivity index (χ3v) is 14.1. The van der Waals surface area contributed by atoms with Crippen LogP contribution in [0, 0.1) is 28.2 Å². The van der Waals surface area contributed by atoms with Crippen LogP contribution in [0.15, 0.2) is 255 Å². The average Bonchev–Trinajstić information content (AvgIpc) is 0.788. The van der Waals surface area contributed by atoms with Gasteiger partial charge in [0.25, 0.3) is 0 Å². The first-order valence-corrected chi connectivity index (χ1v) is 29.7. The minimum absolute atomic E-state index is 0. The molecule has 18 nitrogen and oxygen atoms in total. The van der Waals surface area contributed by atoms with Crippen LogP contribution in [0.3, 0.4) is 0 Å². The Bertz CT molecular complexity index is 5030. The standard InChI is InChI=1S/C30H20O7.C30H22O6.C16H12O5.C2H6.CH3.Pd/c1-18-12-14-23-22(16-18)26(31)27(32)28(35-23)21-13-15-24(36-29(33)19-8-4-2-5-9-19)25(17-21)37-30(34)20-10-6-3-7-11-20;1-20-12-15-25(31)24(18-20)26(32)16-13-21-14-17-27(35-29(33)22-8-4-2-5-9-22)28(19-21)36-30(34)23-10-6-3-7-11-23;1-8-2-5-13-10(6-8)14(19)15(20)16(21-13)9-3-4-11(17)12(18)7-9;1-2;;/h2-17,32H,1H3;2-19,31H,1H3;2-7,17-18,20H,1H3;1-2H3;1H3;/q;;;;-1;/b;16-13+;;;;. The second-order valence-corrected chi connectivity index (χ2v) is 21.0. The number of aryl methyl sites for hydroxylation is 3. The summed E-state index contributed by atoms with van der Waals surface area (Å²) in [6.07, 6.45) is 2.83. The van der Waals surface area contributed by atoms with Gasteiger partial charge in [-0.05, 0) is 166 Å². The number of carbonyl (C=O) groups excluding carboxylic acids is 5. The summed E-state index contributed by atoms with van der Waals surface area (Å²) in [5.74, 6) is -5.08. The third kappa shape index (κ3) is 17.9. The molecule has 2 aromatic heterocycles. The summed E-state index contributed by atoms with van der Waals surface area (Å²) in [5.41, 5.74) is 4.52. The number of carbonyl (C=O) groups is 5. The molecule has 0 unspecified atom stereocenters. The molecule has 12 aromatic rings. The van der Waals surface area contributed by atoms with E-state index in [0.717, 1.165) is 16.7 Å². The molecule has 2 heterocycles. The first kappa shape index (κ1) is 73.0. The molecule has 10 aromatic carbocycles. The van der Waals surface area contributed by atoms with Crippen LogP contribution in [0.5, 0.6) is 51.7 Å². The molecule has 5 N–H and O–H groups in total. The van der Waals surface area contributed by atoms with Gasteiger partial charge < -0.3 is 60.7 Å². The van der Waals surface area contributed by atoms with Gasteiger partial charge in [0.1, 0.15) is 16.9 Å². The Morgan fingerprint density at radius 2 is 0.735 bits per heavy atom. The number of fused-ring (bicyclic) bond motifs is 2. The number of ether oxygens (including phenoxy) is 4. The molecule has 19 heteroatoms. The summed E-state index contributed by atoms with van der Waals surface area (Å²) in [5, 5.41) is 50.1. The van der Waals surface area contributed by atoms with Gasteiger partial charge in [0.2, 0.25) is 22.4 Å². The maximum absolute atomic E-state index is 12.8. The molecule has 0 bridgehead atoms. The molecule has 98 heavy (non-hydrogen) atoms. The summed E-state index contributed by atoms with van der Waals surface area (Å²) in [6, 6.07) is 61.1. The van der Waals surface area contributed by atoms with Crippen molar-refractivity contribution in [3.63, 3.8) is 0 Å². The normalized spacial score (nSPS) is 10.4. The molecule has 0 atom stereocenters. The Hall–Kier alpha value is -12.4. The second-order valence-electron chi connectivity index (χ2n) is 21.0. The van der Waals surface area contributed by atoms with Gasteiger partial charge in [0, 0.05) is 31.5 Å². The molecular formula is C79H63O18Pd-. The molecule has 0 saturated heterocycles. The SMILES string of the molecule is CC.Cc1ccc(O)c(C(=O)/C=C/c2ccc(OC(=O)c3ccccc3)c(OC(=O)c3ccccc3)c2)c1.Cc1ccc2oc(-c3ccc(O)c(O)c3)c(O)c(=O)c2c1.Cc1ccc2oc(-c3ccc(OC(=O)c4ccccc4)c(OC(=O)c4ccccc4)c3)c(O)c(=O)c2c1.[CH3-].[Pd]. The molecule has 498 valence electrons. The van der Waals surface area contributed by atoms with E-state index in [1.165, 1.54) is 66.7 Å². The summed E-state index contributed by atoms with van der Waals surface area (Å²) >= 11 is 0. The van der Waals surface area contributed by atoms with Crippen LogP contribution in [0.2, 0.25) is 0 Å². The number of benzene rings is 10. The predicted octanol–water partition coefficient (Wildman–Crippen LogP) is 16.3. The van der Waals surface area contributed by atoms with Crippen molar-refractivity contribution in [1.29, 1.82) is 0 Å². The maximum Gasteiger partial charge on any atom is 0.343 e. The number of allylic oxidation sites excluding steroid dienone is 1. The molecule has 0 aliphatic heterocycles. The Labute approximate surface area is 575 Å². The van der Waals surface area contributed by atoms with Crippen LogP contribution in [0.25, 0.3) is 50.7 Å². The van der Waals surface area contributed by atoms with Crippen LogP contribution >= 0.6 is 0 Å². The van der Waals surface area contributed by atoms with E-state index in [1.54, 1.807) is 176 Å². The number of phenolic OH excluding ortho intramolecular Hbond substituents is 3. The molecule has 0 fully saturated rings. The van der Waals surface area contributed by atoms with Crippen molar-refractivity contribution in [2.75, 3.05) is 0 Å². The van der Waals surface area contributed by atoms with Gasteiger partial charge in [-0.1, -0.05) is 134 Å². The summed E-state index contributed by atoms with van der Waals surface area (Å²) < 4.78 is 33.6. The zero-order valence-electron chi connectivity index (χ0n) is 53.5. The van der Waals surface area contributed by atoms with Gasteiger partial charge in [0.05, 0.1) is 38.6 Å². The van der Waals surface area contributed by atoms with Crippen LogP contribution in [0.1, 0.15) is 87.9 Å². The average molecular weight is 1410 g/mol. The van der Waals surface area contributed by atoms with Crippen molar-refractivity contribution in [3.8, 4) is 74.4 Å². The van der Waals surface area contributed by atoms with Crippen molar-refractivity contribution >= 4 is 57.7 Å². The molecule has 0 aliphatic carbocycles. The predicted molar refractivity (Wildman–Crippen MR) is 368 cm³/mol. The Kier molecular flexibility index (Phi) is 25.0. The number of aromatic hydroxyl groups is 5. The first-order valence-electron chi connectivity index (χ1n) is 29.7. The number of esters is 4. The van der Waals surface area contributed by atoms with Gasteiger partial charge in [-0.25, -0.2) is 19.2 Å². The van der Waals surface area contributed by atoms with E-state index in [2.05, 4.69) is 0 Å². The van der Waals surface area contributed by atoms with E-state index < -0.39 is 52.0 Å². The zero-order valence-corrected chi connectivity index (χ0v) is 55.0. The van der Waals surface area contributed by atoms with Gasteiger partial charge in [-0.15, -0.1) is 0 Å². The smallest absolute Gasteiger partial charge is 0.343 e. The van der Waals surface area contributed by atoms with E-state index in [0.29, 0.717) is 38.8 Å². The topological polar surface area (TPSA) is 284 Å². The number of hydrogen-bond acceptors (Lipinski definition) is 18. The maximum atomic E-state index is 12.8. The molecule has 0 radical (unpaired) electrons. The molecular weight excluding hydrogens is 1340 g/mol. The first-order chi connectivity index (χ1) is 46.3. The molecule has 0 aliphatic rings.